The normalized spacial score (nSPS) is 16.4. The number of hydrogen-bond donors (Lipinski definition) is 1. The molecule has 0 saturated carbocycles. The smallest absolute Gasteiger partial charge is 0.262 e. The largest absolute Gasteiger partial charge is 0.351 e. The molecule has 180 valence electrons. The maximum Gasteiger partial charge on any atom is 0.262 e. The molecule has 12 heteroatoms. The van der Waals surface area contributed by atoms with Gasteiger partial charge in [-0.05, 0) is 43.2 Å². The Morgan fingerprint density at radius 1 is 1.21 bits per heavy atom. The molecule has 0 aliphatic carbocycles. The summed E-state index contributed by atoms with van der Waals surface area (Å²) in [5.74, 6) is -0.955. The van der Waals surface area contributed by atoms with Crippen LogP contribution in [-0.2, 0) is 22.5 Å². The third-order valence-electron chi connectivity index (χ3n) is 5.99. The second kappa shape index (κ2) is 9.61. The van der Waals surface area contributed by atoms with Crippen LogP contribution in [0, 0.1) is 5.82 Å². The van der Waals surface area contributed by atoms with E-state index < -0.39 is 27.2 Å². The lowest BCUT2D eigenvalue weighted by molar-refractivity contribution is 0.0931. The van der Waals surface area contributed by atoms with Crippen LogP contribution < -0.4 is 5.32 Å². The maximum absolute atomic E-state index is 14.8. The van der Waals surface area contributed by atoms with Crippen molar-refractivity contribution in [1.82, 2.24) is 24.2 Å². The molecule has 3 aromatic rings. The summed E-state index contributed by atoms with van der Waals surface area (Å²) in [6.45, 7) is 0.287. The molecule has 0 radical (unpaired) electrons. The van der Waals surface area contributed by atoms with Crippen LogP contribution in [0.25, 0.3) is 0 Å². The summed E-state index contributed by atoms with van der Waals surface area (Å²) in [6.07, 6.45) is 4.84. The van der Waals surface area contributed by atoms with E-state index >= 15 is 0 Å². The molecule has 4 rings (SSSR count). The Labute approximate surface area is 206 Å². The van der Waals surface area contributed by atoms with Gasteiger partial charge in [0.1, 0.15) is 5.82 Å². The molecule has 0 bridgehead atoms. The van der Waals surface area contributed by atoms with Crippen molar-refractivity contribution in [1.29, 1.82) is 0 Å². The molecule has 0 atom stereocenters. The van der Waals surface area contributed by atoms with E-state index in [0.29, 0.717) is 5.02 Å². The fraction of sp³-hybridized carbons (Fsp3) is 0.318. The Balaban J connectivity index is 1.57. The summed E-state index contributed by atoms with van der Waals surface area (Å²) in [5.41, 5.74) is -0.485. The van der Waals surface area contributed by atoms with Gasteiger partial charge >= 0.3 is 0 Å². The van der Waals surface area contributed by atoms with Crippen LogP contribution in [0.3, 0.4) is 0 Å². The lowest BCUT2D eigenvalue weighted by Crippen LogP contribution is -2.51. The number of hydrogen-bond acceptors (Lipinski definition) is 5. The average Bonchev–Trinajstić information content (AvgIpc) is 3.25. The van der Waals surface area contributed by atoms with Gasteiger partial charge in [0.05, 0.1) is 22.6 Å². The molecule has 2 aromatic heterocycles. The molecule has 0 unspecified atom stereocenters. The van der Waals surface area contributed by atoms with Crippen molar-refractivity contribution >= 4 is 39.1 Å². The van der Waals surface area contributed by atoms with Crippen LogP contribution in [0.1, 0.15) is 28.9 Å². The number of rotatable bonds is 6. The highest BCUT2D eigenvalue weighted by molar-refractivity contribution is 7.89. The topological polar surface area (TPSA) is 97.2 Å². The number of aryl methyl sites for hydroxylation is 1. The minimum absolute atomic E-state index is 0.0443. The number of nitrogens with one attached hydrogen (secondary N) is 1. The quantitative estimate of drug-likeness (QED) is 0.531. The highest BCUT2D eigenvalue weighted by atomic mass is 35.5. The highest BCUT2D eigenvalue weighted by Crippen LogP contribution is 2.37. The summed E-state index contributed by atoms with van der Waals surface area (Å²) < 4.78 is 43.7. The lowest BCUT2D eigenvalue weighted by atomic mass is 9.75. The van der Waals surface area contributed by atoms with E-state index in [-0.39, 0.29) is 53.8 Å². The molecule has 0 spiro atoms. The van der Waals surface area contributed by atoms with Crippen LogP contribution in [0.2, 0.25) is 10.0 Å². The molecule has 1 N–H and O–H groups in total. The minimum Gasteiger partial charge on any atom is -0.351 e. The van der Waals surface area contributed by atoms with Crippen molar-refractivity contribution in [3.63, 3.8) is 0 Å². The maximum atomic E-state index is 14.8. The van der Waals surface area contributed by atoms with Gasteiger partial charge in [-0.15, -0.1) is 0 Å². The van der Waals surface area contributed by atoms with Gasteiger partial charge in [-0.3, -0.25) is 9.78 Å². The first kappa shape index (κ1) is 24.6. The van der Waals surface area contributed by atoms with Crippen LogP contribution in [0.5, 0.6) is 0 Å². The number of halogens is 3. The van der Waals surface area contributed by atoms with E-state index in [9.17, 15) is 17.6 Å². The fourth-order valence-corrected chi connectivity index (χ4v) is 6.00. The van der Waals surface area contributed by atoms with Gasteiger partial charge in [-0.2, -0.15) is 4.31 Å². The standard InChI is InChI=1S/C22H22Cl2FN5O3S/c1-29-12-19(28-14-29)34(32,33)30-9-6-22(7-10-30,20-18(25)3-2-8-26-20)13-27-21(31)16-5-4-15(23)11-17(16)24/h2-5,8,11-12,14H,6-7,9-10,13H2,1H3,(H,27,31). The molecule has 1 amide bonds. The average molecular weight is 526 g/mol. The Morgan fingerprint density at radius 3 is 2.56 bits per heavy atom. The summed E-state index contributed by atoms with van der Waals surface area (Å²) in [6, 6.07) is 7.32. The number of carbonyl (C=O) groups excluding carboxylic acids is 1. The predicted molar refractivity (Wildman–Crippen MR) is 126 cm³/mol. The molecule has 8 nitrogen and oxygen atoms in total. The van der Waals surface area contributed by atoms with E-state index in [2.05, 4.69) is 15.3 Å². The van der Waals surface area contributed by atoms with Crippen molar-refractivity contribution in [3.8, 4) is 0 Å². The Hall–Kier alpha value is -2.53. The van der Waals surface area contributed by atoms with Gasteiger partial charge in [0, 0.05) is 49.5 Å². The fourth-order valence-electron chi connectivity index (χ4n) is 4.10. The molecule has 1 aliphatic heterocycles. The number of imidazole rings is 1. The lowest BCUT2D eigenvalue weighted by Gasteiger charge is -2.40. The van der Waals surface area contributed by atoms with Crippen molar-refractivity contribution in [2.75, 3.05) is 19.6 Å². The van der Waals surface area contributed by atoms with Crippen LogP contribution in [0.15, 0.2) is 54.1 Å². The van der Waals surface area contributed by atoms with Gasteiger partial charge in [0.15, 0.2) is 5.03 Å². The van der Waals surface area contributed by atoms with Crippen molar-refractivity contribution in [2.24, 2.45) is 7.05 Å². The first-order chi connectivity index (χ1) is 16.1. The van der Waals surface area contributed by atoms with E-state index in [4.69, 9.17) is 23.2 Å². The monoisotopic (exact) mass is 525 g/mol. The molecular formula is C22H22Cl2FN5O3S. The van der Waals surface area contributed by atoms with Crippen molar-refractivity contribution in [2.45, 2.75) is 23.3 Å². The van der Waals surface area contributed by atoms with Gasteiger partial charge in [0.25, 0.3) is 15.9 Å². The van der Waals surface area contributed by atoms with Crippen molar-refractivity contribution < 1.29 is 17.6 Å². The van der Waals surface area contributed by atoms with Gasteiger partial charge in [-0.1, -0.05) is 23.2 Å². The van der Waals surface area contributed by atoms with Crippen molar-refractivity contribution in [3.05, 3.63) is 76.2 Å². The number of carbonyl (C=O) groups is 1. The zero-order valence-electron chi connectivity index (χ0n) is 18.2. The Bertz CT molecular complexity index is 1320. The number of sulfonamides is 1. The molecule has 3 heterocycles. The van der Waals surface area contributed by atoms with Crippen LogP contribution in [-0.4, -0.2) is 52.8 Å². The second-order valence-electron chi connectivity index (χ2n) is 8.20. The summed E-state index contributed by atoms with van der Waals surface area (Å²) >= 11 is 12.1. The Kier molecular flexibility index (Phi) is 6.95. The van der Waals surface area contributed by atoms with E-state index in [0.717, 1.165) is 0 Å². The van der Waals surface area contributed by atoms with Gasteiger partial charge in [0.2, 0.25) is 0 Å². The molecule has 34 heavy (non-hydrogen) atoms. The summed E-state index contributed by atoms with van der Waals surface area (Å²) in [5, 5.41) is 3.38. The highest BCUT2D eigenvalue weighted by Gasteiger charge is 2.43. The third kappa shape index (κ3) is 4.81. The minimum atomic E-state index is -3.80. The molecule has 1 aromatic carbocycles. The van der Waals surface area contributed by atoms with Crippen LogP contribution >= 0.6 is 23.2 Å². The summed E-state index contributed by atoms with van der Waals surface area (Å²) in [4.78, 5) is 21.0. The first-order valence-electron chi connectivity index (χ1n) is 10.4. The number of pyridine rings is 1. The number of benzene rings is 1. The summed E-state index contributed by atoms with van der Waals surface area (Å²) in [7, 11) is -2.11. The number of nitrogens with zero attached hydrogens (tertiary/aromatic N) is 4. The zero-order chi connectivity index (χ0) is 24.5. The van der Waals surface area contributed by atoms with Crippen LogP contribution in [0.4, 0.5) is 4.39 Å². The molecule has 1 fully saturated rings. The Morgan fingerprint density at radius 2 is 1.94 bits per heavy atom. The van der Waals surface area contributed by atoms with Gasteiger partial charge in [-0.25, -0.2) is 17.8 Å². The number of piperidine rings is 1. The first-order valence-corrected chi connectivity index (χ1v) is 12.6. The van der Waals surface area contributed by atoms with Gasteiger partial charge < -0.3 is 9.88 Å². The molecular weight excluding hydrogens is 504 g/mol. The number of amides is 1. The zero-order valence-corrected chi connectivity index (χ0v) is 20.5. The van der Waals surface area contributed by atoms with E-state index in [1.54, 1.807) is 17.7 Å². The second-order valence-corrected chi connectivity index (χ2v) is 10.9. The predicted octanol–water partition coefficient (Wildman–Crippen LogP) is 3.41. The van der Waals surface area contributed by atoms with E-state index in [1.165, 1.54) is 47.3 Å². The molecule has 1 saturated heterocycles. The molecule has 1 aliphatic rings. The SMILES string of the molecule is Cn1cnc(S(=O)(=O)N2CCC(CNC(=O)c3ccc(Cl)cc3Cl)(c3ncccc3F)CC2)c1. The number of aromatic nitrogens is 3. The third-order valence-corrected chi connectivity index (χ3v) is 8.32. The van der Waals surface area contributed by atoms with E-state index in [1.807, 2.05) is 0 Å².